The number of rotatable bonds is 4. The lowest BCUT2D eigenvalue weighted by molar-refractivity contribution is -0.139. The summed E-state index contributed by atoms with van der Waals surface area (Å²) in [4.78, 5) is 17.4. The Balaban J connectivity index is 1.70. The number of benzene rings is 1. The fraction of sp³-hybridized carbons (Fsp3) is 0.368. The lowest BCUT2D eigenvalue weighted by atomic mass is 10.1. The van der Waals surface area contributed by atoms with E-state index in [1.807, 2.05) is 0 Å². The normalized spacial score (nSPS) is 15.9. The van der Waals surface area contributed by atoms with Crippen LogP contribution in [0.5, 0.6) is 0 Å². The first kappa shape index (κ1) is 24.0. The lowest BCUT2D eigenvalue weighted by Gasteiger charge is -2.32. The number of piperidine rings is 1. The van der Waals surface area contributed by atoms with Gasteiger partial charge in [-0.15, -0.1) is 0 Å². The van der Waals surface area contributed by atoms with Gasteiger partial charge in [-0.1, -0.05) is 27.5 Å². The molecule has 0 saturated carbocycles. The molecule has 2 heterocycles. The number of hydrogen-bond acceptors (Lipinski definition) is 4. The van der Waals surface area contributed by atoms with Crippen molar-refractivity contribution in [2.75, 3.05) is 13.1 Å². The number of alkyl halides is 3. The van der Waals surface area contributed by atoms with Crippen molar-refractivity contribution in [3.8, 4) is 0 Å². The third-order valence-corrected chi connectivity index (χ3v) is 7.08. The summed E-state index contributed by atoms with van der Waals surface area (Å²) < 4.78 is 67.8. The highest BCUT2D eigenvalue weighted by atomic mass is 79.9. The number of halogens is 5. The summed E-state index contributed by atoms with van der Waals surface area (Å²) in [6, 6.07) is 5.36. The van der Waals surface area contributed by atoms with Gasteiger partial charge in [-0.25, -0.2) is 18.1 Å². The van der Waals surface area contributed by atoms with Crippen molar-refractivity contribution in [3.05, 3.63) is 56.8 Å². The summed E-state index contributed by atoms with van der Waals surface area (Å²) in [5.74, 6) is -0.263. The summed E-state index contributed by atoms with van der Waals surface area (Å²) >= 11 is 8.84. The van der Waals surface area contributed by atoms with Gasteiger partial charge in [-0.05, 0) is 50.1 Å². The Morgan fingerprint density at radius 2 is 1.87 bits per heavy atom. The van der Waals surface area contributed by atoms with E-state index in [0.717, 1.165) is 12.1 Å². The van der Waals surface area contributed by atoms with Crippen molar-refractivity contribution in [2.24, 2.45) is 0 Å². The third-order valence-electron chi connectivity index (χ3n) is 4.81. The number of sulfonamides is 1. The lowest BCUT2D eigenvalue weighted by Crippen LogP contribution is -2.46. The van der Waals surface area contributed by atoms with Crippen molar-refractivity contribution in [3.63, 3.8) is 0 Å². The second kappa shape index (κ2) is 9.05. The van der Waals surface area contributed by atoms with Crippen LogP contribution in [0.3, 0.4) is 0 Å². The maximum Gasteiger partial charge on any atom is 0.417 e. The number of carbonyl (C=O) groups excluding carboxylic acids is 1. The standard InChI is InChI=1S/C19H18BrClF3N3O3S/c1-11-8-12(9-17(21)25-11)18(28)27-6-4-14(5-7-27)26-31(29,30)16-3-2-13(20)10-15(16)19(22,23)24/h2-3,8-10,14,26H,4-7H2,1H3. The number of hydrogen-bond donors (Lipinski definition) is 1. The van der Waals surface area contributed by atoms with Crippen molar-refractivity contribution in [2.45, 2.75) is 36.9 Å². The second-order valence-corrected chi connectivity index (χ2v) is 10.1. The molecule has 0 atom stereocenters. The van der Waals surface area contributed by atoms with Gasteiger partial charge in [-0.3, -0.25) is 4.79 Å². The van der Waals surface area contributed by atoms with Gasteiger partial charge >= 0.3 is 6.18 Å². The first-order chi connectivity index (χ1) is 14.4. The van der Waals surface area contributed by atoms with Crippen LogP contribution >= 0.6 is 27.5 Å². The number of likely N-dealkylation sites (tertiary alicyclic amines) is 1. The van der Waals surface area contributed by atoms with Crippen LogP contribution in [-0.2, 0) is 16.2 Å². The average molecular weight is 541 g/mol. The van der Waals surface area contributed by atoms with E-state index in [1.165, 1.54) is 12.1 Å². The number of nitrogens with zero attached hydrogens (tertiary/aromatic N) is 2. The molecule has 0 spiro atoms. The van der Waals surface area contributed by atoms with Crippen molar-refractivity contribution in [1.29, 1.82) is 0 Å². The first-order valence-corrected chi connectivity index (χ1v) is 11.8. The van der Waals surface area contributed by atoms with Gasteiger partial charge in [-0.2, -0.15) is 13.2 Å². The number of pyridine rings is 1. The predicted molar refractivity (Wildman–Crippen MR) is 112 cm³/mol. The molecule has 1 amide bonds. The van der Waals surface area contributed by atoms with E-state index in [9.17, 15) is 26.4 Å². The number of aryl methyl sites for hydroxylation is 1. The fourth-order valence-corrected chi connectivity index (χ4v) is 5.50. The molecule has 1 aromatic carbocycles. The van der Waals surface area contributed by atoms with E-state index in [0.29, 0.717) is 11.3 Å². The quantitative estimate of drug-likeness (QED) is 0.583. The van der Waals surface area contributed by atoms with E-state index in [2.05, 4.69) is 25.6 Å². The van der Waals surface area contributed by atoms with Gasteiger partial charge in [0.05, 0.1) is 10.5 Å². The maximum atomic E-state index is 13.3. The monoisotopic (exact) mass is 539 g/mol. The molecule has 12 heteroatoms. The Kier molecular flexibility index (Phi) is 6.99. The smallest absolute Gasteiger partial charge is 0.339 e. The van der Waals surface area contributed by atoms with Crippen LogP contribution in [0.25, 0.3) is 0 Å². The Labute approximate surface area is 191 Å². The summed E-state index contributed by atoms with van der Waals surface area (Å²) in [5.41, 5.74) is -0.276. The molecule has 0 radical (unpaired) electrons. The second-order valence-electron chi connectivity index (χ2n) is 7.15. The van der Waals surface area contributed by atoms with E-state index >= 15 is 0 Å². The van der Waals surface area contributed by atoms with Crippen LogP contribution in [0.1, 0.15) is 34.5 Å². The molecule has 1 N–H and O–H groups in total. The van der Waals surface area contributed by atoms with E-state index in [4.69, 9.17) is 11.6 Å². The van der Waals surface area contributed by atoms with Crippen LogP contribution in [0.15, 0.2) is 39.7 Å². The number of amides is 1. The summed E-state index contributed by atoms with van der Waals surface area (Å²) in [5, 5.41) is 0.195. The molecule has 2 aromatic rings. The maximum absolute atomic E-state index is 13.3. The SMILES string of the molecule is Cc1cc(C(=O)N2CCC(NS(=O)(=O)c3ccc(Br)cc3C(F)(F)F)CC2)cc(Cl)n1. The topological polar surface area (TPSA) is 79.4 Å². The predicted octanol–water partition coefficient (Wildman–Crippen LogP) is 4.41. The van der Waals surface area contributed by atoms with Crippen LogP contribution in [0.2, 0.25) is 5.15 Å². The highest BCUT2D eigenvalue weighted by Gasteiger charge is 2.38. The zero-order valence-electron chi connectivity index (χ0n) is 16.2. The van der Waals surface area contributed by atoms with Gasteiger partial charge < -0.3 is 4.90 Å². The number of aromatic nitrogens is 1. The molecule has 3 rings (SSSR count). The third kappa shape index (κ3) is 5.76. The first-order valence-electron chi connectivity index (χ1n) is 9.19. The molecule has 31 heavy (non-hydrogen) atoms. The summed E-state index contributed by atoms with van der Waals surface area (Å²) in [6.45, 7) is 2.20. The zero-order chi connectivity index (χ0) is 23.0. The molecule has 1 aliphatic heterocycles. The summed E-state index contributed by atoms with van der Waals surface area (Å²) in [6.07, 6.45) is -4.30. The van der Waals surface area contributed by atoms with Gasteiger partial charge in [0.1, 0.15) is 5.15 Å². The van der Waals surface area contributed by atoms with Crippen LogP contribution in [0, 0.1) is 6.92 Å². The molecule has 1 fully saturated rings. The van der Waals surface area contributed by atoms with Crippen molar-refractivity contribution < 1.29 is 26.4 Å². The Bertz CT molecular complexity index is 1080. The average Bonchev–Trinajstić information content (AvgIpc) is 2.66. The number of nitrogens with one attached hydrogen (secondary N) is 1. The Morgan fingerprint density at radius 3 is 2.45 bits per heavy atom. The van der Waals surface area contributed by atoms with Crippen LogP contribution in [-0.4, -0.2) is 43.3 Å². The minimum atomic E-state index is -4.83. The molecule has 6 nitrogen and oxygen atoms in total. The molecule has 0 bridgehead atoms. The van der Waals surface area contributed by atoms with Gasteiger partial charge in [0.2, 0.25) is 10.0 Å². The van der Waals surface area contributed by atoms with Crippen molar-refractivity contribution >= 4 is 43.5 Å². The minimum Gasteiger partial charge on any atom is -0.339 e. The van der Waals surface area contributed by atoms with Gasteiger partial charge in [0.25, 0.3) is 5.91 Å². The number of carbonyl (C=O) groups is 1. The summed E-state index contributed by atoms with van der Waals surface area (Å²) in [7, 11) is -4.41. The van der Waals surface area contributed by atoms with Crippen molar-refractivity contribution in [1.82, 2.24) is 14.6 Å². The molecule has 1 aliphatic rings. The van der Waals surface area contributed by atoms with E-state index in [1.54, 1.807) is 17.9 Å². The molecule has 168 valence electrons. The molecule has 1 aromatic heterocycles. The van der Waals surface area contributed by atoms with Gasteiger partial charge in [0.15, 0.2) is 0 Å². The highest BCUT2D eigenvalue weighted by Crippen LogP contribution is 2.36. The minimum absolute atomic E-state index is 0.122. The van der Waals surface area contributed by atoms with E-state index < -0.39 is 32.7 Å². The molecular weight excluding hydrogens is 523 g/mol. The highest BCUT2D eigenvalue weighted by molar-refractivity contribution is 9.10. The molecule has 0 aliphatic carbocycles. The van der Waals surface area contributed by atoms with Gasteiger partial charge in [0, 0.05) is 34.9 Å². The van der Waals surface area contributed by atoms with Crippen LogP contribution in [0.4, 0.5) is 13.2 Å². The Hall–Kier alpha value is -1.69. The molecule has 0 unspecified atom stereocenters. The van der Waals surface area contributed by atoms with Crippen LogP contribution < -0.4 is 4.72 Å². The molecule has 1 saturated heterocycles. The molecular formula is C19H18BrClF3N3O3S. The zero-order valence-corrected chi connectivity index (χ0v) is 19.4. The van der Waals surface area contributed by atoms with E-state index in [-0.39, 0.29) is 41.5 Å². The largest absolute Gasteiger partial charge is 0.417 e. The Morgan fingerprint density at radius 1 is 1.23 bits per heavy atom. The fourth-order valence-electron chi connectivity index (χ4n) is 3.38.